The maximum atomic E-state index is 4.51. The monoisotopic (exact) mass is 320 g/mol. The third-order valence-corrected chi connectivity index (χ3v) is 4.32. The largest absolute Gasteiger partial charge is 0.361 e. The van der Waals surface area contributed by atoms with Gasteiger partial charge in [0.1, 0.15) is 12.1 Å². The minimum atomic E-state index is 0.0972. The van der Waals surface area contributed by atoms with Gasteiger partial charge in [0.15, 0.2) is 0 Å². The highest BCUT2D eigenvalue weighted by molar-refractivity contribution is 5.48. The predicted octanol–water partition coefficient (Wildman–Crippen LogP) is 2.17. The molecule has 1 aromatic carbocycles. The van der Waals surface area contributed by atoms with Gasteiger partial charge in [-0.1, -0.05) is 30.3 Å². The van der Waals surface area contributed by atoms with E-state index in [2.05, 4.69) is 50.0 Å². The smallest absolute Gasteiger partial charge is 0.133 e. The summed E-state index contributed by atoms with van der Waals surface area (Å²) < 4.78 is 1.94. The van der Waals surface area contributed by atoms with Crippen LogP contribution in [0.3, 0.4) is 0 Å². The highest BCUT2D eigenvalue weighted by atomic mass is 15.3. The number of nitrogens with one attached hydrogen (secondary N) is 2. The van der Waals surface area contributed by atoms with Crippen molar-refractivity contribution in [2.75, 3.05) is 11.9 Å². The Labute approximate surface area is 141 Å². The van der Waals surface area contributed by atoms with Gasteiger partial charge in [-0.25, -0.2) is 9.97 Å². The van der Waals surface area contributed by atoms with Crippen LogP contribution in [0.15, 0.2) is 55.1 Å². The van der Waals surface area contributed by atoms with Gasteiger partial charge < -0.3 is 10.6 Å². The molecule has 0 unspecified atom stereocenters. The van der Waals surface area contributed by atoms with Crippen molar-refractivity contribution in [1.29, 1.82) is 0 Å². The molecule has 1 aliphatic heterocycles. The summed E-state index contributed by atoms with van der Waals surface area (Å²) in [5.74, 6) is 0.933. The van der Waals surface area contributed by atoms with Gasteiger partial charge in [-0.2, -0.15) is 5.10 Å². The number of nitrogens with zero attached hydrogens (tertiary/aromatic N) is 4. The quantitative estimate of drug-likeness (QED) is 0.754. The number of benzene rings is 1. The zero-order valence-corrected chi connectivity index (χ0v) is 13.4. The fourth-order valence-electron chi connectivity index (χ4n) is 3.09. The van der Waals surface area contributed by atoms with E-state index in [1.54, 1.807) is 12.5 Å². The molecule has 122 valence electrons. The highest BCUT2D eigenvalue weighted by Crippen LogP contribution is 2.25. The van der Waals surface area contributed by atoms with Crippen molar-refractivity contribution in [3.05, 3.63) is 71.9 Å². The van der Waals surface area contributed by atoms with Crippen LogP contribution in [0.2, 0.25) is 0 Å². The van der Waals surface area contributed by atoms with Gasteiger partial charge in [0, 0.05) is 24.5 Å². The first kappa shape index (κ1) is 14.8. The minimum Gasteiger partial charge on any atom is -0.361 e. The van der Waals surface area contributed by atoms with Crippen molar-refractivity contribution < 1.29 is 0 Å². The van der Waals surface area contributed by atoms with Crippen molar-refractivity contribution >= 4 is 5.82 Å². The van der Waals surface area contributed by atoms with Crippen LogP contribution in [-0.2, 0) is 19.5 Å². The zero-order valence-electron chi connectivity index (χ0n) is 13.4. The van der Waals surface area contributed by atoms with Gasteiger partial charge in [-0.3, -0.25) is 4.68 Å². The van der Waals surface area contributed by atoms with Crippen LogP contribution < -0.4 is 10.6 Å². The van der Waals surface area contributed by atoms with E-state index >= 15 is 0 Å². The Bertz CT molecular complexity index is 785. The van der Waals surface area contributed by atoms with Crippen molar-refractivity contribution in [3.63, 3.8) is 0 Å². The molecule has 3 aromatic rings. The van der Waals surface area contributed by atoms with E-state index in [1.807, 2.05) is 23.0 Å². The van der Waals surface area contributed by atoms with Gasteiger partial charge in [0.25, 0.3) is 0 Å². The fourth-order valence-corrected chi connectivity index (χ4v) is 3.09. The summed E-state index contributed by atoms with van der Waals surface area (Å²) in [6.07, 6.45) is 6.38. The van der Waals surface area contributed by atoms with Crippen LogP contribution >= 0.6 is 0 Å². The van der Waals surface area contributed by atoms with Crippen LogP contribution in [0.5, 0.6) is 0 Å². The average molecular weight is 320 g/mol. The number of hydrogen-bond donors (Lipinski definition) is 2. The zero-order chi connectivity index (χ0) is 16.2. The van der Waals surface area contributed by atoms with E-state index in [0.717, 1.165) is 37.6 Å². The van der Waals surface area contributed by atoms with Crippen LogP contribution in [0.1, 0.15) is 22.9 Å². The molecule has 2 N–H and O–H groups in total. The molecule has 0 aliphatic carbocycles. The summed E-state index contributed by atoms with van der Waals surface area (Å²) in [7, 11) is 0. The molecule has 3 heterocycles. The normalized spacial score (nSPS) is 14.8. The Kier molecular flexibility index (Phi) is 4.20. The minimum absolute atomic E-state index is 0.0972. The lowest BCUT2D eigenvalue weighted by molar-refractivity contribution is 0.547. The molecular weight excluding hydrogens is 300 g/mol. The fraction of sp³-hybridized carbons (Fsp3) is 0.278. The van der Waals surface area contributed by atoms with Crippen LogP contribution in [0.25, 0.3) is 0 Å². The summed E-state index contributed by atoms with van der Waals surface area (Å²) in [5.41, 5.74) is 3.52. The molecule has 0 saturated heterocycles. The molecular formula is C18H20N6. The second kappa shape index (κ2) is 6.80. The first-order chi connectivity index (χ1) is 11.9. The highest BCUT2D eigenvalue weighted by Gasteiger charge is 2.19. The lowest BCUT2D eigenvalue weighted by Gasteiger charge is -2.24. The molecule has 4 rings (SSSR count). The molecule has 2 aromatic heterocycles. The second-order valence-electron chi connectivity index (χ2n) is 5.91. The van der Waals surface area contributed by atoms with Gasteiger partial charge in [0.2, 0.25) is 0 Å². The van der Waals surface area contributed by atoms with E-state index in [9.17, 15) is 0 Å². The molecule has 6 heteroatoms. The number of anilines is 1. The summed E-state index contributed by atoms with van der Waals surface area (Å²) >= 11 is 0. The summed E-state index contributed by atoms with van der Waals surface area (Å²) in [4.78, 5) is 8.91. The lowest BCUT2D eigenvalue weighted by atomic mass is 10.0. The summed E-state index contributed by atoms with van der Waals surface area (Å²) in [6.45, 7) is 2.51. The molecule has 0 saturated carbocycles. The van der Waals surface area contributed by atoms with Crippen LogP contribution in [0, 0.1) is 0 Å². The third kappa shape index (κ3) is 3.14. The lowest BCUT2D eigenvalue weighted by Crippen LogP contribution is -2.27. The Balaban J connectivity index is 1.65. The summed E-state index contributed by atoms with van der Waals surface area (Å²) in [6, 6.07) is 12.5. The van der Waals surface area contributed by atoms with Crippen LogP contribution in [0.4, 0.5) is 5.82 Å². The maximum Gasteiger partial charge on any atom is 0.133 e. The molecule has 1 atom stereocenters. The molecule has 0 spiro atoms. The van der Waals surface area contributed by atoms with E-state index in [1.165, 1.54) is 11.1 Å². The van der Waals surface area contributed by atoms with Gasteiger partial charge in [-0.05, 0) is 24.6 Å². The molecule has 0 radical (unpaired) electrons. The van der Waals surface area contributed by atoms with Crippen molar-refractivity contribution in [2.45, 2.75) is 25.6 Å². The molecule has 0 amide bonds. The maximum absolute atomic E-state index is 4.51. The molecule has 6 nitrogen and oxygen atoms in total. The number of rotatable bonds is 5. The van der Waals surface area contributed by atoms with E-state index < -0.39 is 0 Å². The Morgan fingerprint density at radius 3 is 2.92 bits per heavy atom. The predicted molar refractivity (Wildman–Crippen MR) is 92.5 cm³/mol. The first-order valence-electron chi connectivity index (χ1n) is 8.22. The standard InChI is InChI=1S/C18H20N6/c1-2-5-14(6-3-1)17(12-24-10-4-8-22-24)23-18-15-7-9-19-11-16(15)20-13-21-18/h1-6,8,10,13,17,19H,7,9,11-12H2,(H,20,21,23)/t17-/m1/s1. The van der Waals surface area contributed by atoms with Crippen molar-refractivity contribution in [2.24, 2.45) is 0 Å². The third-order valence-electron chi connectivity index (χ3n) is 4.32. The topological polar surface area (TPSA) is 67.7 Å². The van der Waals surface area contributed by atoms with Gasteiger partial charge >= 0.3 is 0 Å². The van der Waals surface area contributed by atoms with E-state index in [4.69, 9.17) is 0 Å². The molecule has 0 fully saturated rings. The van der Waals surface area contributed by atoms with E-state index in [-0.39, 0.29) is 6.04 Å². The van der Waals surface area contributed by atoms with E-state index in [0.29, 0.717) is 0 Å². The molecule has 1 aliphatic rings. The Morgan fingerprint density at radius 1 is 1.17 bits per heavy atom. The van der Waals surface area contributed by atoms with Crippen molar-refractivity contribution in [1.82, 2.24) is 25.1 Å². The number of aromatic nitrogens is 4. The summed E-state index contributed by atoms with van der Waals surface area (Å²) in [5, 5.41) is 11.3. The molecule has 24 heavy (non-hydrogen) atoms. The second-order valence-corrected chi connectivity index (χ2v) is 5.91. The first-order valence-corrected chi connectivity index (χ1v) is 8.22. The van der Waals surface area contributed by atoms with Gasteiger partial charge in [0.05, 0.1) is 18.3 Å². The Hall–Kier alpha value is -2.73. The van der Waals surface area contributed by atoms with Crippen LogP contribution in [-0.4, -0.2) is 26.3 Å². The Morgan fingerprint density at radius 2 is 2.08 bits per heavy atom. The van der Waals surface area contributed by atoms with Gasteiger partial charge in [-0.15, -0.1) is 0 Å². The number of fused-ring (bicyclic) bond motifs is 1. The number of hydrogen-bond acceptors (Lipinski definition) is 5. The molecule has 0 bridgehead atoms. The SMILES string of the molecule is c1ccc([C@@H](Cn2cccn2)Nc2ncnc3c2CCNC3)cc1. The average Bonchev–Trinajstić information content (AvgIpc) is 3.15. The van der Waals surface area contributed by atoms with Crippen molar-refractivity contribution in [3.8, 4) is 0 Å².